The van der Waals surface area contributed by atoms with Crippen molar-refractivity contribution in [2.45, 2.75) is 89.7 Å². The van der Waals surface area contributed by atoms with Crippen LogP contribution >= 0.6 is 0 Å². The summed E-state index contributed by atoms with van der Waals surface area (Å²) < 4.78 is 63.5. The molecule has 286 valence electrons. The van der Waals surface area contributed by atoms with Gasteiger partial charge in [-0.25, -0.2) is 9.59 Å². The predicted molar refractivity (Wildman–Crippen MR) is 183 cm³/mol. The number of likely N-dealkylation sites (tertiary alicyclic amines) is 1. The maximum absolute atomic E-state index is 13.9. The van der Waals surface area contributed by atoms with Gasteiger partial charge in [0.15, 0.2) is 0 Å². The van der Waals surface area contributed by atoms with Crippen LogP contribution in [0.15, 0.2) is 42.5 Å². The minimum atomic E-state index is -5.08. The Morgan fingerprint density at radius 3 is 1.77 bits per heavy atom. The van der Waals surface area contributed by atoms with Crippen LogP contribution in [0.5, 0.6) is 0 Å². The van der Waals surface area contributed by atoms with Gasteiger partial charge in [0.1, 0.15) is 5.69 Å². The third kappa shape index (κ3) is 10.7. The molecule has 6 rings (SSSR count). The van der Waals surface area contributed by atoms with Crippen molar-refractivity contribution in [2.75, 3.05) is 39.3 Å². The Kier molecular flexibility index (Phi) is 13.8. The summed E-state index contributed by atoms with van der Waals surface area (Å²) in [7, 11) is 0. The summed E-state index contributed by atoms with van der Waals surface area (Å²) in [5.41, 5.74) is 7.49. The molecule has 2 saturated heterocycles. The first-order valence-electron chi connectivity index (χ1n) is 17.5. The van der Waals surface area contributed by atoms with Crippen LogP contribution in [0.25, 0.3) is 10.9 Å². The van der Waals surface area contributed by atoms with Gasteiger partial charge in [-0.2, -0.15) is 26.3 Å². The summed E-state index contributed by atoms with van der Waals surface area (Å²) in [4.78, 5) is 42.5. The van der Waals surface area contributed by atoms with Crippen molar-refractivity contribution in [2.24, 2.45) is 0 Å². The fourth-order valence-corrected chi connectivity index (χ4v) is 7.52. The normalized spacial score (nSPS) is 18.3. The van der Waals surface area contributed by atoms with Gasteiger partial charge in [0.05, 0.1) is 0 Å². The summed E-state index contributed by atoms with van der Waals surface area (Å²) in [5, 5.41) is 15.5. The van der Waals surface area contributed by atoms with E-state index < -0.39 is 24.3 Å². The molecule has 1 saturated carbocycles. The first kappa shape index (κ1) is 40.7. The Bertz CT molecular complexity index is 1620. The number of fused-ring (bicyclic) bond motifs is 1. The van der Waals surface area contributed by atoms with Crippen LogP contribution in [0.1, 0.15) is 83.6 Å². The number of nitrogens with zero attached hydrogens (tertiary/aromatic N) is 3. The SMILES string of the molecule is Cc1cccc(C)c1C1CCN(Cc2c(C(=O)N3CCN(C4CCCCC4)CC3)[nH]c3ccccc23)CC1.O=C(O)C(F)(F)F.O=C(O)C(F)(F)F. The average molecular weight is 741 g/mol. The van der Waals surface area contributed by atoms with Gasteiger partial charge in [-0.15, -0.1) is 0 Å². The minimum Gasteiger partial charge on any atom is -0.475 e. The number of hydrogen-bond donors (Lipinski definition) is 3. The Balaban J connectivity index is 0.000000367. The molecule has 15 heteroatoms. The number of nitrogens with one attached hydrogen (secondary N) is 1. The number of rotatable bonds is 5. The molecule has 3 aliphatic rings. The Morgan fingerprint density at radius 2 is 1.25 bits per heavy atom. The molecule has 0 spiro atoms. The van der Waals surface area contributed by atoms with Crippen LogP contribution in [0.2, 0.25) is 0 Å². The Morgan fingerprint density at radius 1 is 0.731 bits per heavy atom. The quantitative estimate of drug-likeness (QED) is 0.232. The zero-order valence-corrected chi connectivity index (χ0v) is 29.3. The highest BCUT2D eigenvalue weighted by Crippen LogP contribution is 2.34. The van der Waals surface area contributed by atoms with Crippen LogP contribution in [-0.2, 0) is 16.1 Å². The topological polar surface area (TPSA) is 117 Å². The van der Waals surface area contributed by atoms with E-state index in [0.717, 1.165) is 63.1 Å². The fourth-order valence-electron chi connectivity index (χ4n) is 7.52. The van der Waals surface area contributed by atoms with Gasteiger partial charge in [-0.3, -0.25) is 14.6 Å². The number of hydrogen-bond acceptors (Lipinski definition) is 5. The molecule has 3 N–H and O–H groups in total. The number of aliphatic carboxylic acids is 2. The highest BCUT2D eigenvalue weighted by atomic mass is 19.4. The van der Waals surface area contributed by atoms with Gasteiger partial charge in [0.25, 0.3) is 5.91 Å². The molecule has 1 aliphatic carbocycles. The first-order chi connectivity index (χ1) is 24.5. The van der Waals surface area contributed by atoms with Crippen molar-refractivity contribution in [3.8, 4) is 0 Å². The number of benzene rings is 2. The molecule has 0 unspecified atom stereocenters. The Labute approximate surface area is 298 Å². The number of piperidine rings is 1. The number of H-pyrrole nitrogens is 1. The molecule has 1 amide bonds. The minimum absolute atomic E-state index is 0.185. The second-order valence-corrected chi connectivity index (χ2v) is 13.6. The highest BCUT2D eigenvalue weighted by Gasteiger charge is 2.39. The lowest BCUT2D eigenvalue weighted by molar-refractivity contribution is -0.193. The molecule has 3 heterocycles. The van der Waals surface area contributed by atoms with Gasteiger partial charge in [0, 0.05) is 55.2 Å². The molecule has 2 aliphatic heterocycles. The molecular formula is C37H46F6N4O5. The van der Waals surface area contributed by atoms with Crippen LogP contribution < -0.4 is 0 Å². The number of amides is 1. The van der Waals surface area contributed by atoms with E-state index in [1.54, 1.807) is 5.56 Å². The molecule has 3 fully saturated rings. The molecule has 2 aromatic carbocycles. The lowest BCUT2D eigenvalue weighted by Gasteiger charge is -2.40. The molecule has 9 nitrogen and oxygen atoms in total. The van der Waals surface area contributed by atoms with Crippen LogP contribution in [0.4, 0.5) is 26.3 Å². The number of alkyl halides is 6. The van der Waals surface area contributed by atoms with Crippen molar-refractivity contribution in [3.63, 3.8) is 0 Å². The van der Waals surface area contributed by atoms with Crippen molar-refractivity contribution in [1.82, 2.24) is 19.7 Å². The van der Waals surface area contributed by atoms with Crippen molar-refractivity contribution in [1.29, 1.82) is 0 Å². The third-order valence-electron chi connectivity index (χ3n) is 10.1. The number of carbonyl (C=O) groups excluding carboxylic acids is 1. The van der Waals surface area contributed by atoms with Gasteiger partial charge in [-0.05, 0) is 81.3 Å². The molecule has 3 aromatic rings. The van der Waals surface area contributed by atoms with E-state index in [2.05, 4.69) is 76.0 Å². The highest BCUT2D eigenvalue weighted by molar-refractivity contribution is 6.01. The molecule has 0 atom stereocenters. The monoisotopic (exact) mass is 740 g/mol. The van der Waals surface area contributed by atoms with Crippen LogP contribution in [-0.4, -0.2) is 105 Å². The second-order valence-electron chi connectivity index (χ2n) is 13.6. The number of aromatic amines is 1. The molecule has 0 radical (unpaired) electrons. The van der Waals surface area contributed by atoms with E-state index in [0.29, 0.717) is 5.92 Å². The lowest BCUT2D eigenvalue weighted by Crippen LogP contribution is -2.52. The number of aryl methyl sites for hydroxylation is 2. The first-order valence-corrected chi connectivity index (χ1v) is 17.5. The zero-order chi connectivity index (χ0) is 38.2. The smallest absolute Gasteiger partial charge is 0.475 e. The summed E-state index contributed by atoms with van der Waals surface area (Å²) in [6, 6.07) is 15.9. The van der Waals surface area contributed by atoms with Crippen molar-refractivity contribution in [3.05, 3.63) is 70.4 Å². The van der Waals surface area contributed by atoms with E-state index in [4.69, 9.17) is 19.8 Å². The van der Waals surface area contributed by atoms with E-state index >= 15 is 0 Å². The maximum atomic E-state index is 13.9. The van der Waals surface area contributed by atoms with Gasteiger partial charge < -0.3 is 20.1 Å². The zero-order valence-electron chi connectivity index (χ0n) is 29.3. The molecular weight excluding hydrogens is 694 g/mol. The molecule has 52 heavy (non-hydrogen) atoms. The van der Waals surface area contributed by atoms with Crippen LogP contribution in [0.3, 0.4) is 0 Å². The summed E-state index contributed by atoms with van der Waals surface area (Å²) in [5.74, 6) is -4.69. The molecule has 1 aromatic heterocycles. The molecule has 0 bridgehead atoms. The average Bonchev–Trinajstić information content (AvgIpc) is 3.47. The van der Waals surface area contributed by atoms with E-state index in [1.807, 2.05) is 0 Å². The summed E-state index contributed by atoms with van der Waals surface area (Å²) in [6.07, 6.45) is -1.02. The fraction of sp³-hybridized carbons (Fsp3) is 0.541. The van der Waals surface area contributed by atoms with Gasteiger partial charge in [-0.1, -0.05) is 55.7 Å². The third-order valence-corrected chi connectivity index (χ3v) is 10.1. The number of carbonyl (C=O) groups is 3. The van der Waals surface area contributed by atoms with E-state index in [-0.39, 0.29) is 5.91 Å². The number of para-hydroxylation sites is 1. The van der Waals surface area contributed by atoms with Crippen LogP contribution in [0, 0.1) is 13.8 Å². The van der Waals surface area contributed by atoms with Crippen molar-refractivity contribution < 1.29 is 50.9 Å². The summed E-state index contributed by atoms with van der Waals surface area (Å²) >= 11 is 0. The number of piperazine rings is 1. The second kappa shape index (κ2) is 17.6. The summed E-state index contributed by atoms with van der Waals surface area (Å²) in [6.45, 7) is 11.2. The standard InChI is InChI=1S/C33H44N4O.2C2HF3O2/c1-24-9-8-10-25(2)31(24)26-15-17-35(18-16-26)23-29-28-13-6-7-14-30(28)34-32(29)33(38)37-21-19-36(20-22-37)27-11-4-3-5-12-27;2*3-2(4,5)1(6)7/h6-10,13-14,26-27,34H,3-5,11-12,15-23H2,1-2H3;2*(H,6,7). The van der Waals surface area contributed by atoms with Gasteiger partial charge in [0.2, 0.25) is 0 Å². The van der Waals surface area contributed by atoms with Gasteiger partial charge >= 0.3 is 24.3 Å². The number of halogens is 6. The predicted octanol–water partition coefficient (Wildman–Crippen LogP) is 7.52. The lowest BCUT2D eigenvalue weighted by atomic mass is 9.84. The van der Waals surface area contributed by atoms with E-state index in [9.17, 15) is 31.1 Å². The van der Waals surface area contributed by atoms with Crippen molar-refractivity contribution >= 4 is 28.7 Å². The van der Waals surface area contributed by atoms with E-state index in [1.165, 1.54) is 67.0 Å². The number of carboxylic acid groups (broad SMARTS) is 2. The Hall–Kier alpha value is -4.11. The number of aromatic nitrogens is 1. The largest absolute Gasteiger partial charge is 0.490 e. The number of carboxylic acids is 2. The maximum Gasteiger partial charge on any atom is 0.490 e.